The minimum Gasteiger partial charge on any atom is -0.460 e. The number of rotatable bonds is 3. The van der Waals surface area contributed by atoms with Gasteiger partial charge in [-0.05, 0) is 39.8 Å². The molecule has 0 saturated heterocycles. The van der Waals surface area contributed by atoms with E-state index in [4.69, 9.17) is 13.9 Å². The molecule has 25 heavy (non-hydrogen) atoms. The zero-order valence-electron chi connectivity index (χ0n) is 14.3. The fourth-order valence-corrected chi connectivity index (χ4v) is 2.49. The summed E-state index contributed by atoms with van der Waals surface area (Å²) in [6, 6.07) is 4.14. The van der Waals surface area contributed by atoms with Crippen LogP contribution in [-0.4, -0.2) is 24.3 Å². The molecule has 0 spiro atoms. The van der Waals surface area contributed by atoms with E-state index < -0.39 is 23.1 Å². The van der Waals surface area contributed by atoms with Crippen molar-refractivity contribution in [3.8, 4) is 0 Å². The fourth-order valence-electron chi connectivity index (χ4n) is 2.03. The lowest BCUT2D eigenvalue weighted by Crippen LogP contribution is -2.27. The van der Waals surface area contributed by atoms with Crippen molar-refractivity contribution in [3.63, 3.8) is 0 Å². The van der Waals surface area contributed by atoms with Gasteiger partial charge in [0, 0.05) is 10.5 Å². The lowest BCUT2D eigenvalue weighted by atomic mass is 10.2. The van der Waals surface area contributed by atoms with Crippen molar-refractivity contribution in [3.05, 3.63) is 38.7 Å². The van der Waals surface area contributed by atoms with Gasteiger partial charge in [0.25, 0.3) is 0 Å². The van der Waals surface area contributed by atoms with Gasteiger partial charge in [0.1, 0.15) is 5.60 Å². The van der Waals surface area contributed by atoms with Crippen molar-refractivity contribution in [1.29, 1.82) is 0 Å². The van der Waals surface area contributed by atoms with Gasteiger partial charge in [-0.3, -0.25) is 10.1 Å². The minimum absolute atomic E-state index is 0.0598. The number of halogens is 1. The van der Waals surface area contributed by atoms with Crippen LogP contribution in [0.4, 0.5) is 10.5 Å². The van der Waals surface area contributed by atoms with Gasteiger partial charge in [-0.1, -0.05) is 15.9 Å². The summed E-state index contributed by atoms with van der Waals surface area (Å²) in [4.78, 5) is 36.2. The number of benzene rings is 1. The molecule has 0 atom stereocenters. The van der Waals surface area contributed by atoms with Crippen LogP contribution in [0.15, 0.2) is 31.9 Å². The summed E-state index contributed by atoms with van der Waals surface area (Å²) < 4.78 is 16.1. The van der Waals surface area contributed by atoms with Crippen LogP contribution in [-0.2, 0) is 9.47 Å². The Morgan fingerprint density at radius 1 is 1.24 bits per heavy atom. The first kappa shape index (κ1) is 19.0. The van der Waals surface area contributed by atoms with Crippen LogP contribution in [0.1, 0.15) is 38.2 Å². The van der Waals surface area contributed by atoms with Gasteiger partial charge in [0.05, 0.1) is 17.7 Å². The van der Waals surface area contributed by atoms with Crippen LogP contribution >= 0.6 is 15.9 Å². The Labute approximate surface area is 152 Å². The van der Waals surface area contributed by atoms with E-state index in [9.17, 15) is 14.4 Å². The molecule has 2 rings (SSSR count). The Hall–Kier alpha value is -2.35. The zero-order valence-corrected chi connectivity index (χ0v) is 15.9. The maximum atomic E-state index is 12.3. The fraction of sp³-hybridized carbons (Fsp3) is 0.353. The molecule has 8 heteroatoms. The van der Waals surface area contributed by atoms with Crippen LogP contribution < -0.4 is 10.7 Å². The molecule has 0 saturated carbocycles. The number of amides is 1. The van der Waals surface area contributed by atoms with Crippen LogP contribution in [0, 0.1) is 0 Å². The molecule has 0 unspecified atom stereocenters. The van der Waals surface area contributed by atoms with E-state index in [0.29, 0.717) is 4.47 Å². The molecule has 1 aromatic heterocycles. The SMILES string of the molecule is CCOC(=O)c1cc(=O)c2cc(Br)cc(NC(=O)OC(C)(C)C)c2o1. The molecule has 0 radical (unpaired) electrons. The van der Waals surface area contributed by atoms with Crippen molar-refractivity contribution in [2.24, 2.45) is 0 Å². The molecule has 0 aliphatic heterocycles. The Kier molecular flexibility index (Phi) is 5.52. The van der Waals surface area contributed by atoms with Gasteiger partial charge in [-0.15, -0.1) is 0 Å². The second-order valence-electron chi connectivity index (χ2n) is 6.15. The van der Waals surface area contributed by atoms with Gasteiger partial charge in [0.2, 0.25) is 5.76 Å². The number of fused-ring (bicyclic) bond motifs is 1. The number of anilines is 1. The predicted molar refractivity (Wildman–Crippen MR) is 96.0 cm³/mol. The molecule has 1 N–H and O–H groups in total. The molecule has 0 aliphatic rings. The van der Waals surface area contributed by atoms with E-state index >= 15 is 0 Å². The third-order valence-electron chi connectivity index (χ3n) is 2.91. The van der Waals surface area contributed by atoms with E-state index in [1.807, 2.05) is 0 Å². The van der Waals surface area contributed by atoms with E-state index in [0.717, 1.165) is 6.07 Å². The van der Waals surface area contributed by atoms with E-state index in [2.05, 4.69) is 21.2 Å². The number of carbonyl (C=O) groups excluding carboxylic acids is 2. The lowest BCUT2D eigenvalue weighted by molar-refractivity contribution is 0.0490. The van der Waals surface area contributed by atoms with Gasteiger partial charge in [0.15, 0.2) is 11.0 Å². The number of esters is 1. The normalized spacial score (nSPS) is 11.2. The third kappa shape index (κ3) is 4.82. The van der Waals surface area contributed by atoms with Gasteiger partial charge >= 0.3 is 12.1 Å². The summed E-state index contributed by atoms with van der Waals surface area (Å²) in [7, 11) is 0. The monoisotopic (exact) mass is 411 g/mol. The Morgan fingerprint density at radius 3 is 2.52 bits per heavy atom. The largest absolute Gasteiger partial charge is 0.460 e. The Morgan fingerprint density at radius 2 is 1.92 bits per heavy atom. The minimum atomic E-state index is -0.757. The number of carbonyl (C=O) groups is 2. The molecule has 1 aromatic carbocycles. The maximum Gasteiger partial charge on any atom is 0.412 e. The molecular weight excluding hydrogens is 394 g/mol. The molecule has 0 aliphatic carbocycles. The quantitative estimate of drug-likeness (QED) is 0.764. The van der Waals surface area contributed by atoms with Gasteiger partial charge in [-0.25, -0.2) is 9.59 Å². The average molecular weight is 412 g/mol. The summed E-state index contributed by atoms with van der Waals surface area (Å²) in [5.41, 5.74) is -0.868. The number of hydrogen-bond donors (Lipinski definition) is 1. The second kappa shape index (κ2) is 7.26. The van der Waals surface area contributed by atoms with Crippen LogP contribution in [0.2, 0.25) is 0 Å². The number of nitrogens with one attached hydrogen (secondary N) is 1. The molecule has 7 nitrogen and oxygen atoms in total. The van der Waals surface area contributed by atoms with Crippen LogP contribution in [0.5, 0.6) is 0 Å². The maximum absolute atomic E-state index is 12.3. The van der Waals surface area contributed by atoms with E-state index in [-0.39, 0.29) is 29.0 Å². The Bertz CT molecular complexity index is 881. The van der Waals surface area contributed by atoms with Gasteiger partial charge < -0.3 is 13.9 Å². The average Bonchev–Trinajstić information content (AvgIpc) is 2.46. The first-order valence-electron chi connectivity index (χ1n) is 7.55. The zero-order chi connectivity index (χ0) is 18.8. The first-order valence-corrected chi connectivity index (χ1v) is 8.34. The molecule has 1 heterocycles. The third-order valence-corrected chi connectivity index (χ3v) is 3.36. The van der Waals surface area contributed by atoms with E-state index in [1.54, 1.807) is 33.8 Å². The smallest absolute Gasteiger partial charge is 0.412 e. The summed E-state index contributed by atoms with van der Waals surface area (Å²) in [6.07, 6.45) is -0.712. The molecular formula is C17H18BrNO6. The molecule has 134 valence electrons. The summed E-state index contributed by atoms with van der Waals surface area (Å²) in [5.74, 6) is -0.999. The van der Waals surface area contributed by atoms with Crippen molar-refractivity contribution >= 4 is 44.6 Å². The Balaban J connectivity index is 2.53. The second-order valence-corrected chi connectivity index (χ2v) is 7.07. The summed E-state index contributed by atoms with van der Waals surface area (Å²) in [6.45, 7) is 6.97. The molecule has 0 fully saturated rings. The van der Waals surface area contributed by atoms with Crippen LogP contribution in [0.3, 0.4) is 0 Å². The summed E-state index contributed by atoms with van der Waals surface area (Å²) >= 11 is 3.28. The van der Waals surface area contributed by atoms with Crippen molar-refractivity contribution in [2.45, 2.75) is 33.3 Å². The standard InChI is InChI=1S/C17H18BrNO6/c1-5-23-15(21)13-8-12(20)10-6-9(18)7-11(14(10)24-13)19-16(22)25-17(2,3)4/h6-8H,5H2,1-4H3,(H,19,22). The molecule has 0 bridgehead atoms. The topological polar surface area (TPSA) is 94.8 Å². The summed E-state index contributed by atoms with van der Waals surface area (Å²) in [5, 5.41) is 2.73. The van der Waals surface area contributed by atoms with Crippen molar-refractivity contribution in [2.75, 3.05) is 11.9 Å². The molecule has 1 amide bonds. The highest BCUT2D eigenvalue weighted by Crippen LogP contribution is 2.28. The predicted octanol–water partition coefficient (Wildman–Crippen LogP) is 4.08. The highest BCUT2D eigenvalue weighted by molar-refractivity contribution is 9.10. The van der Waals surface area contributed by atoms with Crippen molar-refractivity contribution < 1.29 is 23.5 Å². The van der Waals surface area contributed by atoms with Crippen molar-refractivity contribution in [1.82, 2.24) is 0 Å². The number of ether oxygens (including phenoxy) is 2. The highest BCUT2D eigenvalue weighted by atomic mass is 79.9. The van der Waals surface area contributed by atoms with Crippen LogP contribution in [0.25, 0.3) is 11.0 Å². The highest BCUT2D eigenvalue weighted by Gasteiger charge is 2.20. The first-order chi connectivity index (χ1) is 11.6. The molecule has 2 aromatic rings. The lowest BCUT2D eigenvalue weighted by Gasteiger charge is -2.20. The van der Waals surface area contributed by atoms with Gasteiger partial charge in [-0.2, -0.15) is 0 Å². The van der Waals surface area contributed by atoms with E-state index in [1.165, 1.54) is 6.07 Å². The number of hydrogen-bond acceptors (Lipinski definition) is 6.